The van der Waals surface area contributed by atoms with E-state index in [2.05, 4.69) is 73.8 Å². The number of rotatable bonds is 5. The predicted octanol–water partition coefficient (Wildman–Crippen LogP) is 4.51. The normalized spacial score (nSPS) is 12.3. The quantitative estimate of drug-likeness (QED) is 0.846. The average molecular weight is 257 g/mol. The van der Waals surface area contributed by atoms with Gasteiger partial charge in [-0.15, -0.1) is 0 Å². The molecule has 1 unspecified atom stereocenters. The molecule has 1 atom stereocenters. The maximum atomic E-state index is 3.47. The number of hydrogen-bond acceptors (Lipinski definition) is 2. The molecule has 0 aliphatic rings. The third kappa shape index (κ3) is 3.37. The Morgan fingerprint density at radius 2 is 1.67 bits per heavy atom. The minimum Gasteiger partial charge on any atom is -0.310 e. The molecule has 0 aliphatic carbocycles. The Morgan fingerprint density at radius 3 is 2.39 bits per heavy atom. The lowest BCUT2D eigenvalue weighted by atomic mass is 10.1. The van der Waals surface area contributed by atoms with Crippen molar-refractivity contribution < 1.29 is 0 Å². The number of hydrogen-bond donors (Lipinski definition) is 1. The Balaban J connectivity index is 2.22. The summed E-state index contributed by atoms with van der Waals surface area (Å²) in [4.78, 5) is 2.62. The van der Waals surface area contributed by atoms with Gasteiger partial charge in [0.15, 0.2) is 0 Å². The average Bonchev–Trinajstić information content (AvgIpc) is 2.41. The fraction of sp³-hybridized carbons (Fsp3) is 0.250. The molecule has 2 heteroatoms. The van der Waals surface area contributed by atoms with Crippen molar-refractivity contribution in [3.8, 4) is 0 Å². The molecule has 2 aromatic rings. The molecule has 2 rings (SSSR count). The van der Waals surface area contributed by atoms with Crippen LogP contribution in [0.5, 0.6) is 0 Å². The second-order valence-electron chi connectivity index (χ2n) is 4.23. The van der Waals surface area contributed by atoms with Crippen LogP contribution in [0.4, 0.5) is 0 Å². The summed E-state index contributed by atoms with van der Waals surface area (Å²) in [5, 5.41) is 3.47. The van der Waals surface area contributed by atoms with Crippen LogP contribution in [0, 0.1) is 0 Å². The topological polar surface area (TPSA) is 12.0 Å². The van der Waals surface area contributed by atoms with Gasteiger partial charge in [-0.05, 0) is 37.2 Å². The zero-order valence-electron chi connectivity index (χ0n) is 10.9. The Kier molecular flexibility index (Phi) is 4.85. The summed E-state index contributed by atoms with van der Waals surface area (Å²) in [6, 6.07) is 19.5. The Hall–Kier alpha value is -1.25. The lowest BCUT2D eigenvalue weighted by Gasteiger charge is -2.16. The zero-order chi connectivity index (χ0) is 12.8. The SMILES string of the molecule is CCNC(C)c1ccccc1Sc1ccccc1. The van der Waals surface area contributed by atoms with Crippen molar-refractivity contribution in [2.45, 2.75) is 29.7 Å². The van der Waals surface area contributed by atoms with Crippen LogP contribution < -0.4 is 5.32 Å². The van der Waals surface area contributed by atoms with Crippen LogP contribution in [0.3, 0.4) is 0 Å². The minimum atomic E-state index is 0.391. The van der Waals surface area contributed by atoms with E-state index in [1.807, 2.05) is 11.8 Å². The van der Waals surface area contributed by atoms with Crippen molar-refractivity contribution in [1.82, 2.24) is 5.32 Å². The first-order chi connectivity index (χ1) is 8.81. The highest BCUT2D eigenvalue weighted by molar-refractivity contribution is 7.99. The minimum absolute atomic E-state index is 0.391. The van der Waals surface area contributed by atoms with Crippen LogP contribution in [0.1, 0.15) is 25.5 Å². The molecule has 0 fully saturated rings. The number of benzene rings is 2. The molecule has 0 aromatic heterocycles. The molecule has 0 saturated carbocycles. The van der Waals surface area contributed by atoms with Gasteiger partial charge in [-0.3, -0.25) is 0 Å². The van der Waals surface area contributed by atoms with Crippen molar-refractivity contribution in [3.63, 3.8) is 0 Å². The molecule has 0 aliphatic heterocycles. The van der Waals surface area contributed by atoms with E-state index in [9.17, 15) is 0 Å². The highest BCUT2D eigenvalue weighted by Crippen LogP contribution is 2.32. The van der Waals surface area contributed by atoms with E-state index < -0.39 is 0 Å². The molecule has 0 heterocycles. The van der Waals surface area contributed by atoms with Crippen LogP contribution in [0.15, 0.2) is 64.4 Å². The summed E-state index contributed by atoms with van der Waals surface area (Å²) in [7, 11) is 0. The monoisotopic (exact) mass is 257 g/mol. The molecule has 0 spiro atoms. The third-order valence-electron chi connectivity index (χ3n) is 2.87. The van der Waals surface area contributed by atoms with Crippen LogP contribution in [-0.4, -0.2) is 6.54 Å². The van der Waals surface area contributed by atoms with Crippen molar-refractivity contribution in [3.05, 3.63) is 60.2 Å². The van der Waals surface area contributed by atoms with E-state index in [1.165, 1.54) is 15.4 Å². The first-order valence-electron chi connectivity index (χ1n) is 6.36. The van der Waals surface area contributed by atoms with E-state index in [-0.39, 0.29) is 0 Å². The molecule has 0 amide bonds. The lowest BCUT2D eigenvalue weighted by molar-refractivity contribution is 0.590. The molecule has 1 N–H and O–H groups in total. The van der Waals surface area contributed by atoms with E-state index in [0.717, 1.165) is 6.54 Å². The Morgan fingerprint density at radius 1 is 1.00 bits per heavy atom. The van der Waals surface area contributed by atoms with Gasteiger partial charge < -0.3 is 5.32 Å². The standard InChI is InChI=1S/C16H19NS/c1-3-17-13(2)15-11-7-8-12-16(15)18-14-9-5-4-6-10-14/h4-13,17H,3H2,1-2H3. The maximum Gasteiger partial charge on any atom is 0.0302 e. The van der Waals surface area contributed by atoms with Crippen LogP contribution in [0.25, 0.3) is 0 Å². The van der Waals surface area contributed by atoms with Gasteiger partial charge in [0, 0.05) is 15.8 Å². The van der Waals surface area contributed by atoms with E-state index >= 15 is 0 Å². The van der Waals surface area contributed by atoms with Gasteiger partial charge in [0.1, 0.15) is 0 Å². The predicted molar refractivity (Wildman–Crippen MR) is 79.1 cm³/mol. The van der Waals surface area contributed by atoms with Crippen molar-refractivity contribution in [2.24, 2.45) is 0 Å². The van der Waals surface area contributed by atoms with Crippen LogP contribution in [-0.2, 0) is 0 Å². The van der Waals surface area contributed by atoms with Crippen molar-refractivity contribution in [2.75, 3.05) is 6.54 Å². The van der Waals surface area contributed by atoms with E-state index in [4.69, 9.17) is 0 Å². The number of nitrogens with one attached hydrogen (secondary N) is 1. The van der Waals surface area contributed by atoms with Gasteiger partial charge in [0.05, 0.1) is 0 Å². The summed E-state index contributed by atoms with van der Waals surface area (Å²) in [6.45, 7) is 5.35. The zero-order valence-corrected chi connectivity index (χ0v) is 11.7. The van der Waals surface area contributed by atoms with Crippen molar-refractivity contribution in [1.29, 1.82) is 0 Å². The molecule has 1 nitrogen and oxygen atoms in total. The molecule has 0 radical (unpaired) electrons. The summed E-state index contributed by atoms with van der Waals surface area (Å²) in [5.74, 6) is 0. The molecular formula is C16H19NS. The fourth-order valence-corrected chi connectivity index (χ4v) is 3.02. The molecule has 0 bridgehead atoms. The third-order valence-corrected chi connectivity index (χ3v) is 3.97. The lowest BCUT2D eigenvalue weighted by Crippen LogP contribution is -2.18. The molecule has 18 heavy (non-hydrogen) atoms. The largest absolute Gasteiger partial charge is 0.310 e. The van der Waals surface area contributed by atoms with Crippen LogP contribution in [0.2, 0.25) is 0 Å². The van der Waals surface area contributed by atoms with Gasteiger partial charge in [-0.2, -0.15) is 0 Å². The maximum absolute atomic E-state index is 3.47. The van der Waals surface area contributed by atoms with Crippen molar-refractivity contribution >= 4 is 11.8 Å². The summed E-state index contributed by atoms with van der Waals surface area (Å²) in [5.41, 5.74) is 1.37. The fourth-order valence-electron chi connectivity index (χ4n) is 1.96. The first kappa shape index (κ1) is 13.2. The molecule has 2 aromatic carbocycles. The summed E-state index contributed by atoms with van der Waals surface area (Å²) < 4.78 is 0. The second-order valence-corrected chi connectivity index (χ2v) is 5.35. The van der Waals surface area contributed by atoms with Gasteiger partial charge in [-0.25, -0.2) is 0 Å². The highest BCUT2D eigenvalue weighted by Gasteiger charge is 2.09. The van der Waals surface area contributed by atoms with Gasteiger partial charge in [0.25, 0.3) is 0 Å². The first-order valence-corrected chi connectivity index (χ1v) is 7.18. The van der Waals surface area contributed by atoms with Crippen LogP contribution >= 0.6 is 11.8 Å². The van der Waals surface area contributed by atoms with Gasteiger partial charge in [0.2, 0.25) is 0 Å². The Labute approximate surface area is 114 Å². The highest BCUT2D eigenvalue weighted by atomic mass is 32.2. The molecule has 0 saturated heterocycles. The van der Waals surface area contributed by atoms with E-state index in [1.54, 1.807) is 0 Å². The smallest absolute Gasteiger partial charge is 0.0302 e. The second kappa shape index (κ2) is 6.62. The van der Waals surface area contributed by atoms with Gasteiger partial charge in [-0.1, -0.05) is 55.1 Å². The summed E-state index contributed by atoms with van der Waals surface area (Å²) >= 11 is 1.83. The van der Waals surface area contributed by atoms with Gasteiger partial charge >= 0.3 is 0 Å². The summed E-state index contributed by atoms with van der Waals surface area (Å²) in [6.07, 6.45) is 0. The molecular weight excluding hydrogens is 238 g/mol. The van der Waals surface area contributed by atoms with E-state index in [0.29, 0.717) is 6.04 Å². The molecule has 94 valence electrons. The Bertz CT molecular complexity index is 481.